The molecule has 2 saturated heterocycles. The van der Waals surface area contributed by atoms with E-state index in [-0.39, 0.29) is 17.2 Å². The number of para-hydroxylation sites is 1. The summed E-state index contributed by atoms with van der Waals surface area (Å²) in [4.78, 5) is 29.2. The van der Waals surface area contributed by atoms with E-state index in [2.05, 4.69) is 16.7 Å². The standard InChI is InChI=1S/C20H25N3O2/c1-21-10-5-8-20(19(21)25)9-11-23(14-20)18(24)12-15-13-22(2)17-7-4-3-6-16(15)17/h3-4,6-7,13H,5,8-12,14H2,1-2H3. The Morgan fingerprint density at radius 1 is 1.16 bits per heavy atom. The maximum atomic E-state index is 12.9. The number of amides is 2. The van der Waals surface area contributed by atoms with Crippen LogP contribution in [0.25, 0.3) is 10.9 Å². The number of aryl methyl sites for hydroxylation is 1. The summed E-state index contributed by atoms with van der Waals surface area (Å²) in [6.07, 6.45) is 5.20. The SMILES string of the molecule is CN1CCCC2(CCN(C(=O)Cc3cn(C)c4ccccc34)C2)C1=O. The van der Waals surface area contributed by atoms with E-state index in [4.69, 9.17) is 0 Å². The van der Waals surface area contributed by atoms with Crippen molar-refractivity contribution in [1.82, 2.24) is 14.4 Å². The molecule has 2 amide bonds. The number of aromatic nitrogens is 1. The topological polar surface area (TPSA) is 45.5 Å². The first kappa shape index (κ1) is 16.2. The number of hydrogen-bond acceptors (Lipinski definition) is 2. The van der Waals surface area contributed by atoms with Crippen LogP contribution in [0.1, 0.15) is 24.8 Å². The predicted molar refractivity (Wildman–Crippen MR) is 97.1 cm³/mol. The van der Waals surface area contributed by atoms with E-state index in [1.165, 1.54) is 0 Å². The minimum Gasteiger partial charge on any atom is -0.350 e. The van der Waals surface area contributed by atoms with E-state index in [1.54, 1.807) is 0 Å². The Balaban J connectivity index is 1.51. The number of benzene rings is 1. The second kappa shape index (κ2) is 5.90. The molecular weight excluding hydrogens is 314 g/mol. The predicted octanol–water partition coefficient (Wildman–Crippen LogP) is 2.19. The Bertz CT molecular complexity index is 841. The third-order valence-corrected chi connectivity index (χ3v) is 5.98. The average Bonchev–Trinajstić information content (AvgIpc) is 3.16. The van der Waals surface area contributed by atoms with Gasteiger partial charge in [-0.1, -0.05) is 18.2 Å². The quantitative estimate of drug-likeness (QED) is 0.842. The molecule has 132 valence electrons. The maximum absolute atomic E-state index is 12.9. The molecule has 0 radical (unpaired) electrons. The lowest BCUT2D eigenvalue weighted by atomic mass is 9.78. The molecule has 1 aromatic carbocycles. The fourth-order valence-corrected chi connectivity index (χ4v) is 4.57. The molecular formula is C20H25N3O2. The average molecular weight is 339 g/mol. The van der Waals surface area contributed by atoms with E-state index in [1.807, 2.05) is 42.2 Å². The summed E-state index contributed by atoms with van der Waals surface area (Å²) in [5.41, 5.74) is 1.88. The van der Waals surface area contributed by atoms with Crippen LogP contribution in [0.3, 0.4) is 0 Å². The Hall–Kier alpha value is -2.30. The monoisotopic (exact) mass is 339 g/mol. The molecule has 2 fully saturated rings. The molecule has 1 unspecified atom stereocenters. The molecule has 5 nitrogen and oxygen atoms in total. The Labute approximate surface area is 148 Å². The number of rotatable bonds is 2. The molecule has 0 bridgehead atoms. The summed E-state index contributed by atoms with van der Waals surface area (Å²) in [6.45, 7) is 2.12. The lowest BCUT2D eigenvalue weighted by molar-refractivity contribution is -0.144. The molecule has 1 spiro atoms. The third-order valence-electron chi connectivity index (χ3n) is 5.98. The van der Waals surface area contributed by atoms with Crippen molar-refractivity contribution in [3.8, 4) is 0 Å². The van der Waals surface area contributed by atoms with Crippen LogP contribution < -0.4 is 0 Å². The van der Waals surface area contributed by atoms with Gasteiger partial charge >= 0.3 is 0 Å². The lowest BCUT2D eigenvalue weighted by Gasteiger charge is -2.37. The molecule has 2 aromatic rings. The third kappa shape index (κ3) is 2.62. The van der Waals surface area contributed by atoms with Crippen LogP contribution in [-0.4, -0.2) is 52.9 Å². The zero-order valence-electron chi connectivity index (χ0n) is 15.0. The maximum Gasteiger partial charge on any atom is 0.230 e. The summed E-state index contributed by atoms with van der Waals surface area (Å²) in [5, 5.41) is 1.14. The number of fused-ring (bicyclic) bond motifs is 1. The summed E-state index contributed by atoms with van der Waals surface area (Å²) in [7, 11) is 3.89. The molecule has 3 heterocycles. The smallest absolute Gasteiger partial charge is 0.230 e. The molecule has 0 saturated carbocycles. The summed E-state index contributed by atoms with van der Waals surface area (Å²) >= 11 is 0. The normalized spacial score (nSPS) is 23.8. The van der Waals surface area contributed by atoms with E-state index >= 15 is 0 Å². The van der Waals surface area contributed by atoms with Crippen molar-refractivity contribution in [3.63, 3.8) is 0 Å². The van der Waals surface area contributed by atoms with Gasteiger partial charge in [-0.2, -0.15) is 0 Å². The fourth-order valence-electron chi connectivity index (χ4n) is 4.57. The van der Waals surface area contributed by atoms with Gasteiger partial charge in [-0.3, -0.25) is 9.59 Å². The van der Waals surface area contributed by atoms with E-state index in [0.29, 0.717) is 19.5 Å². The van der Waals surface area contributed by atoms with Crippen molar-refractivity contribution in [2.75, 3.05) is 26.7 Å². The van der Waals surface area contributed by atoms with Crippen LogP contribution in [-0.2, 0) is 23.1 Å². The van der Waals surface area contributed by atoms with Crippen LogP contribution in [0.5, 0.6) is 0 Å². The van der Waals surface area contributed by atoms with Gasteiger partial charge in [0.1, 0.15) is 0 Å². The minimum absolute atomic E-state index is 0.134. The largest absolute Gasteiger partial charge is 0.350 e. The second-order valence-corrected chi connectivity index (χ2v) is 7.64. The van der Waals surface area contributed by atoms with Crippen molar-refractivity contribution in [2.45, 2.75) is 25.7 Å². The number of carbonyl (C=O) groups excluding carboxylic acids is 2. The van der Waals surface area contributed by atoms with Gasteiger partial charge < -0.3 is 14.4 Å². The molecule has 1 atom stereocenters. The zero-order chi connectivity index (χ0) is 17.6. The van der Waals surface area contributed by atoms with Gasteiger partial charge in [0.05, 0.1) is 11.8 Å². The van der Waals surface area contributed by atoms with E-state index in [9.17, 15) is 9.59 Å². The van der Waals surface area contributed by atoms with Gasteiger partial charge in [0.2, 0.25) is 11.8 Å². The first-order valence-electron chi connectivity index (χ1n) is 9.06. The van der Waals surface area contributed by atoms with Gasteiger partial charge in [-0.25, -0.2) is 0 Å². The lowest BCUT2D eigenvalue weighted by Crippen LogP contribution is -2.48. The Morgan fingerprint density at radius 3 is 2.80 bits per heavy atom. The van der Waals surface area contributed by atoms with E-state index < -0.39 is 0 Å². The molecule has 4 rings (SSSR count). The van der Waals surface area contributed by atoms with Crippen molar-refractivity contribution in [1.29, 1.82) is 0 Å². The number of piperidine rings is 1. The number of nitrogens with zero attached hydrogens (tertiary/aromatic N) is 3. The summed E-state index contributed by atoms with van der Waals surface area (Å²) in [5.74, 6) is 0.355. The summed E-state index contributed by atoms with van der Waals surface area (Å²) < 4.78 is 2.07. The number of carbonyl (C=O) groups is 2. The molecule has 0 N–H and O–H groups in total. The highest BCUT2D eigenvalue weighted by Gasteiger charge is 2.48. The summed E-state index contributed by atoms with van der Waals surface area (Å²) in [6, 6.07) is 8.18. The first-order chi connectivity index (χ1) is 12.0. The minimum atomic E-state index is -0.332. The van der Waals surface area contributed by atoms with Crippen LogP contribution in [0.15, 0.2) is 30.5 Å². The Morgan fingerprint density at radius 2 is 1.96 bits per heavy atom. The number of likely N-dealkylation sites (tertiary alicyclic amines) is 2. The van der Waals surface area contributed by atoms with Crippen LogP contribution in [0, 0.1) is 5.41 Å². The Kier molecular flexibility index (Phi) is 3.82. The highest BCUT2D eigenvalue weighted by molar-refractivity contribution is 5.90. The number of hydrogen-bond donors (Lipinski definition) is 0. The highest BCUT2D eigenvalue weighted by atomic mass is 16.2. The zero-order valence-corrected chi connectivity index (χ0v) is 15.0. The van der Waals surface area contributed by atoms with Crippen LogP contribution in [0.4, 0.5) is 0 Å². The molecule has 1 aromatic heterocycles. The van der Waals surface area contributed by atoms with Crippen LogP contribution >= 0.6 is 0 Å². The second-order valence-electron chi connectivity index (χ2n) is 7.64. The van der Waals surface area contributed by atoms with Crippen molar-refractivity contribution in [3.05, 3.63) is 36.0 Å². The molecule has 25 heavy (non-hydrogen) atoms. The fraction of sp³-hybridized carbons (Fsp3) is 0.500. The van der Waals surface area contributed by atoms with E-state index in [0.717, 1.165) is 42.3 Å². The first-order valence-corrected chi connectivity index (χ1v) is 9.06. The molecule has 2 aliphatic heterocycles. The van der Waals surface area contributed by atoms with Gasteiger partial charge in [-0.15, -0.1) is 0 Å². The molecule has 0 aliphatic carbocycles. The molecule has 5 heteroatoms. The van der Waals surface area contributed by atoms with Crippen molar-refractivity contribution >= 4 is 22.7 Å². The van der Waals surface area contributed by atoms with Gasteiger partial charge in [-0.05, 0) is 30.9 Å². The van der Waals surface area contributed by atoms with Crippen molar-refractivity contribution < 1.29 is 9.59 Å². The molecule has 2 aliphatic rings. The van der Waals surface area contributed by atoms with Gasteiger partial charge in [0, 0.05) is 50.8 Å². The van der Waals surface area contributed by atoms with Gasteiger partial charge in [0.25, 0.3) is 0 Å². The van der Waals surface area contributed by atoms with Crippen LogP contribution in [0.2, 0.25) is 0 Å². The highest BCUT2D eigenvalue weighted by Crippen LogP contribution is 2.39. The van der Waals surface area contributed by atoms with Gasteiger partial charge in [0.15, 0.2) is 0 Å². The van der Waals surface area contributed by atoms with Crippen molar-refractivity contribution in [2.24, 2.45) is 12.5 Å².